The maximum atomic E-state index is 13.1. The van der Waals surface area contributed by atoms with E-state index in [0.29, 0.717) is 23.4 Å². The SMILES string of the molecule is N#Cc1ccccc1NC(=O)C1CC1C(=O)Nc1ccc(F)c(Cl)c1. The minimum absolute atomic E-state index is 0.0870. The molecule has 7 heteroatoms. The number of nitrogens with zero attached hydrogens (tertiary/aromatic N) is 1. The minimum atomic E-state index is -0.570. The van der Waals surface area contributed by atoms with Gasteiger partial charge in [0, 0.05) is 5.69 Å². The standard InChI is InChI=1S/C18H13ClFN3O2/c19-14-7-11(5-6-15(14)20)22-17(24)12-8-13(12)18(25)23-16-4-2-1-3-10(16)9-21/h1-7,12-13H,8H2,(H,22,24)(H,23,25). The van der Waals surface area contributed by atoms with Gasteiger partial charge in [-0.1, -0.05) is 23.7 Å². The molecule has 126 valence electrons. The van der Waals surface area contributed by atoms with Crippen molar-refractivity contribution in [3.63, 3.8) is 0 Å². The number of amides is 2. The highest BCUT2D eigenvalue weighted by Crippen LogP contribution is 2.40. The number of carbonyl (C=O) groups excluding carboxylic acids is 2. The molecule has 2 N–H and O–H groups in total. The van der Waals surface area contributed by atoms with E-state index in [1.54, 1.807) is 24.3 Å². The van der Waals surface area contributed by atoms with Gasteiger partial charge in [0.25, 0.3) is 0 Å². The topological polar surface area (TPSA) is 82.0 Å². The second kappa shape index (κ2) is 6.91. The van der Waals surface area contributed by atoms with Gasteiger partial charge in [-0.3, -0.25) is 9.59 Å². The van der Waals surface area contributed by atoms with Crippen molar-refractivity contribution < 1.29 is 14.0 Å². The van der Waals surface area contributed by atoms with Crippen molar-refractivity contribution in [1.82, 2.24) is 0 Å². The Kier molecular flexibility index (Phi) is 4.68. The molecule has 2 aromatic carbocycles. The lowest BCUT2D eigenvalue weighted by Gasteiger charge is -2.07. The summed E-state index contributed by atoms with van der Waals surface area (Å²) in [4.78, 5) is 24.4. The predicted octanol–water partition coefficient (Wildman–Crippen LogP) is 3.56. The van der Waals surface area contributed by atoms with E-state index in [4.69, 9.17) is 16.9 Å². The van der Waals surface area contributed by atoms with Crippen LogP contribution in [0.5, 0.6) is 0 Å². The van der Waals surface area contributed by atoms with Crippen molar-refractivity contribution in [2.24, 2.45) is 11.8 Å². The largest absolute Gasteiger partial charge is 0.326 e. The predicted molar refractivity (Wildman–Crippen MR) is 91.4 cm³/mol. The minimum Gasteiger partial charge on any atom is -0.326 e. The molecule has 2 aromatic rings. The summed E-state index contributed by atoms with van der Waals surface area (Å²) < 4.78 is 13.1. The van der Waals surface area contributed by atoms with Gasteiger partial charge in [0.2, 0.25) is 11.8 Å². The second-order valence-electron chi connectivity index (χ2n) is 5.71. The van der Waals surface area contributed by atoms with Crippen LogP contribution in [0.4, 0.5) is 15.8 Å². The molecular weight excluding hydrogens is 345 g/mol. The van der Waals surface area contributed by atoms with Crippen molar-refractivity contribution in [2.45, 2.75) is 6.42 Å². The molecule has 0 spiro atoms. The first kappa shape index (κ1) is 16.9. The monoisotopic (exact) mass is 357 g/mol. The van der Waals surface area contributed by atoms with Crippen molar-refractivity contribution in [3.05, 3.63) is 58.9 Å². The van der Waals surface area contributed by atoms with Crippen LogP contribution < -0.4 is 10.6 Å². The number of benzene rings is 2. The summed E-state index contributed by atoms with van der Waals surface area (Å²) in [6.45, 7) is 0. The van der Waals surface area contributed by atoms with E-state index in [-0.39, 0.29) is 16.8 Å². The Morgan fingerprint density at radius 2 is 1.80 bits per heavy atom. The normalized spacial score (nSPS) is 18.1. The number of para-hydroxylation sites is 1. The maximum absolute atomic E-state index is 13.1. The number of nitrogens with one attached hydrogen (secondary N) is 2. The molecule has 5 nitrogen and oxygen atoms in total. The van der Waals surface area contributed by atoms with E-state index in [1.807, 2.05) is 6.07 Å². The lowest BCUT2D eigenvalue weighted by molar-refractivity contribution is -0.122. The fourth-order valence-corrected chi connectivity index (χ4v) is 2.68. The van der Waals surface area contributed by atoms with Crippen LogP contribution >= 0.6 is 11.6 Å². The van der Waals surface area contributed by atoms with Gasteiger partial charge in [0.15, 0.2) is 0 Å². The van der Waals surface area contributed by atoms with E-state index >= 15 is 0 Å². The van der Waals surface area contributed by atoms with Crippen molar-refractivity contribution >= 4 is 34.8 Å². The highest BCUT2D eigenvalue weighted by molar-refractivity contribution is 6.31. The van der Waals surface area contributed by atoms with E-state index in [2.05, 4.69) is 10.6 Å². The zero-order chi connectivity index (χ0) is 18.0. The van der Waals surface area contributed by atoms with Gasteiger partial charge in [0.05, 0.1) is 28.1 Å². The molecule has 3 rings (SSSR count). The van der Waals surface area contributed by atoms with Gasteiger partial charge < -0.3 is 10.6 Å². The third-order valence-electron chi connectivity index (χ3n) is 3.96. The van der Waals surface area contributed by atoms with Gasteiger partial charge >= 0.3 is 0 Å². The Bertz CT molecular complexity index is 894. The van der Waals surface area contributed by atoms with E-state index in [9.17, 15) is 14.0 Å². The van der Waals surface area contributed by atoms with Crippen LogP contribution in [0.15, 0.2) is 42.5 Å². The number of halogens is 2. The number of hydrogen-bond acceptors (Lipinski definition) is 3. The lowest BCUT2D eigenvalue weighted by Crippen LogP contribution is -2.21. The Morgan fingerprint density at radius 3 is 2.48 bits per heavy atom. The number of nitriles is 1. The molecule has 0 bridgehead atoms. The summed E-state index contributed by atoms with van der Waals surface area (Å²) in [5.41, 5.74) is 1.15. The lowest BCUT2D eigenvalue weighted by atomic mass is 10.2. The number of rotatable bonds is 4. The Hall–Kier alpha value is -2.91. The smallest absolute Gasteiger partial charge is 0.228 e. The van der Waals surface area contributed by atoms with Crippen molar-refractivity contribution in [3.8, 4) is 6.07 Å². The summed E-state index contributed by atoms with van der Waals surface area (Å²) in [7, 11) is 0. The molecule has 1 aliphatic carbocycles. The van der Waals surface area contributed by atoms with Crippen LogP contribution in [0.1, 0.15) is 12.0 Å². The Labute approximate surface area is 148 Å². The first-order valence-electron chi connectivity index (χ1n) is 7.55. The van der Waals surface area contributed by atoms with Gasteiger partial charge in [-0.25, -0.2) is 4.39 Å². The van der Waals surface area contributed by atoms with Crippen LogP contribution in [-0.2, 0) is 9.59 Å². The molecule has 2 atom stereocenters. The molecular formula is C18H13ClFN3O2. The zero-order valence-electron chi connectivity index (χ0n) is 12.9. The summed E-state index contributed by atoms with van der Waals surface area (Å²) in [6, 6.07) is 12.5. The Morgan fingerprint density at radius 1 is 1.12 bits per heavy atom. The van der Waals surface area contributed by atoms with Crippen LogP contribution in [0.25, 0.3) is 0 Å². The summed E-state index contributed by atoms with van der Waals surface area (Å²) in [5, 5.41) is 14.2. The Balaban J connectivity index is 1.60. The summed E-state index contributed by atoms with van der Waals surface area (Å²) in [5.74, 6) is -2.11. The van der Waals surface area contributed by atoms with Gasteiger partial charge in [-0.15, -0.1) is 0 Å². The van der Waals surface area contributed by atoms with E-state index < -0.39 is 17.7 Å². The molecule has 0 radical (unpaired) electrons. The van der Waals surface area contributed by atoms with Gasteiger partial charge in [-0.05, 0) is 36.8 Å². The molecule has 0 aromatic heterocycles. The van der Waals surface area contributed by atoms with Gasteiger partial charge in [-0.2, -0.15) is 5.26 Å². The van der Waals surface area contributed by atoms with Crippen molar-refractivity contribution in [2.75, 3.05) is 10.6 Å². The molecule has 2 amide bonds. The van der Waals surface area contributed by atoms with Crippen molar-refractivity contribution in [1.29, 1.82) is 5.26 Å². The van der Waals surface area contributed by atoms with Crippen LogP contribution in [-0.4, -0.2) is 11.8 Å². The molecule has 1 saturated carbocycles. The second-order valence-corrected chi connectivity index (χ2v) is 6.12. The first-order chi connectivity index (χ1) is 12.0. The first-order valence-corrected chi connectivity index (χ1v) is 7.93. The van der Waals surface area contributed by atoms with Gasteiger partial charge in [0.1, 0.15) is 11.9 Å². The summed E-state index contributed by atoms with van der Waals surface area (Å²) in [6.07, 6.45) is 0.418. The third kappa shape index (κ3) is 3.78. The molecule has 0 heterocycles. The number of carbonyl (C=O) groups is 2. The molecule has 2 unspecified atom stereocenters. The van der Waals surface area contributed by atoms with Crippen LogP contribution in [0.2, 0.25) is 5.02 Å². The summed E-state index contributed by atoms with van der Waals surface area (Å²) >= 11 is 5.67. The average Bonchev–Trinajstić information content (AvgIpc) is 3.39. The highest BCUT2D eigenvalue weighted by Gasteiger charge is 2.48. The molecule has 1 aliphatic rings. The van der Waals surface area contributed by atoms with E-state index in [0.717, 1.165) is 6.07 Å². The molecule has 1 fully saturated rings. The fourth-order valence-electron chi connectivity index (χ4n) is 2.50. The quantitative estimate of drug-likeness (QED) is 0.877. The van der Waals surface area contributed by atoms with E-state index in [1.165, 1.54) is 12.1 Å². The highest BCUT2D eigenvalue weighted by atomic mass is 35.5. The molecule has 0 aliphatic heterocycles. The fraction of sp³-hybridized carbons (Fsp3) is 0.167. The zero-order valence-corrected chi connectivity index (χ0v) is 13.7. The number of anilines is 2. The average molecular weight is 358 g/mol. The molecule has 25 heavy (non-hydrogen) atoms. The third-order valence-corrected chi connectivity index (χ3v) is 4.25. The molecule has 0 saturated heterocycles. The maximum Gasteiger partial charge on any atom is 0.228 e. The van der Waals surface area contributed by atoms with Crippen LogP contribution in [0, 0.1) is 29.0 Å². The number of hydrogen-bond donors (Lipinski definition) is 2. The van der Waals surface area contributed by atoms with Crippen LogP contribution in [0.3, 0.4) is 0 Å².